The molecule has 26 heavy (non-hydrogen) atoms. The van der Waals surface area contributed by atoms with Gasteiger partial charge in [-0.3, -0.25) is 0 Å². The Labute approximate surface area is 155 Å². The van der Waals surface area contributed by atoms with E-state index in [-0.39, 0.29) is 17.6 Å². The van der Waals surface area contributed by atoms with Crippen LogP contribution >= 0.6 is 0 Å². The van der Waals surface area contributed by atoms with Crippen molar-refractivity contribution in [2.45, 2.75) is 78.4 Å². The lowest BCUT2D eigenvalue weighted by molar-refractivity contribution is 0.0931. The molecule has 0 saturated heterocycles. The minimum atomic E-state index is -0.764. The van der Waals surface area contributed by atoms with Crippen LogP contribution in [-0.4, -0.2) is 39.5 Å². The molecule has 1 atom stereocenters. The van der Waals surface area contributed by atoms with E-state index in [1.54, 1.807) is 6.20 Å². The fourth-order valence-corrected chi connectivity index (χ4v) is 3.71. The number of quaternary nitrogens is 1. The van der Waals surface area contributed by atoms with Gasteiger partial charge in [0.2, 0.25) is 5.95 Å². The summed E-state index contributed by atoms with van der Waals surface area (Å²) in [5.74, 6) is 0.946. The van der Waals surface area contributed by atoms with E-state index in [2.05, 4.69) is 48.1 Å². The van der Waals surface area contributed by atoms with Crippen LogP contribution < -0.4 is 10.1 Å². The molecule has 7 heteroatoms. The van der Waals surface area contributed by atoms with Gasteiger partial charge in [0.05, 0.1) is 6.10 Å². The van der Waals surface area contributed by atoms with Crippen molar-refractivity contribution in [3.05, 3.63) is 17.0 Å². The standard InChI is InChI=1S/C19H31N5O2/c1-5-6-11-20-18-21-12-15-16(19(2,3)4)23-24(26,17(15)22-18)13-7-9-14(25)10-8-13/h12-14,25H,5-11H2,1-4H3,(H,20,21,22)/t13?,14?,24-/m1/s1. The third-order valence-electron chi connectivity index (χ3n) is 5.26. The van der Waals surface area contributed by atoms with Crippen LogP contribution in [0.15, 0.2) is 11.3 Å². The molecular formula is C19H31N5O2. The predicted octanol–water partition coefficient (Wildman–Crippen LogP) is 3.56. The molecule has 2 heterocycles. The minimum Gasteiger partial charge on any atom is -0.598 e. The van der Waals surface area contributed by atoms with Crippen molar-refractivity contribution in [2.75, 3.05) is 11.9 Å². The fraction of sp³-hybridized carbons (Fsp3) is 0.737. The van der Waals surface area contributed by atoms with Crippen molar-refractivity contribution in [1.82, 2.24) is 14.7 Å². The van der Waals surface area contributed by atoms with Gasteiger partial charge in [-0.2, -0.15) is 9.74 Å². The molecule has 1 aromatic heterocycles. The average Bonchev–Trinajstić information content (AvgIpc) is 2.90. The SMILES string of the molecule is CCCCNc1ncc2c(n1)[N@+]([O-])(C1CCC(O)CC1)N=C2C(C)(C)C. The zero-order chi connectivity index (χ0) is 18.9. The maximum absolute atomic E-state index is 13.9. The topological polar surface area (TPSA) is 93.5 Å². The molecule has 1 aromatic rings. The highest BCUT2D eigenvalue weighted by molar-refractivity contribution is 6.09. The summed E-state index contributed by atoms with van der Waals surface area (Å²) in [5.41, 5.74) is 1.28. The minimum absolute atomic E-state index is 0.199. The van der Waals surface area contributed by atoms with E-state index in [0.717, 1.165) is 30.7 Å². The van der Waals surface area contributed by atoms with Crippen molar-refractivity contribution >= 4 is 17.5 Å². The predicted molar refractivity (Wildman–Crippen MR) is 105 cm³/mol. The summed E-state index contributed by atoms with van der Waals surface area (Å²) in [6, 6.07) is -0.199. The maximum atomic E-state index is 13.9. The highest BCUT2D eigenvalue weighted by Crippen LogP contribution is 2.43. The van der Waals surface area contributed by atoms with Gasteiger partial charge in [0.15, 0.2) is 0 Å². The Morgan fingerprint density at radius 3 is 2.58 bits per heavy atom. The van der Waals surface area contributed by atoms with Gasteiger partial charge in [-0.1, -0.05) is 39.2 Å². The Morgan fingerprint density at radius 1 is 1.27 bits per heavy atom. The largest absolute Gasteiger partial charge is 0.598 e. The monoisotopic (exact) mass is 361 g/mol. The Bertz CT molecular complexity index is 677. The van der Waals surface area contributed by atoms with Gasteiger partial charge >= 0.3 is 0 Å². The van der Waals surface area contributed by atoms with Gasteiger partial charge in [0.25, 0.3) is 5.82 Å². The van der Waals surface area contributed by atoms with Crippen LogP contribution in [0.4, 0.5) is 11.8 Å². The molecule has 0 spiro atoms. The van der Waals surface area contributed by atoms with Gasteiger partial charge in [-0.25, -0.2) is 4.98 Å². The lowest BCUT2D eigenvalue weighted by Gasteiger charge is -2.41. The van der Waals surface area contributed by atoms with E-state index in [9.17, 15) is 10.3 Å². The van der Waals surface area contributed by atoms with Crippen LogP contribution in [0.25, 0.3) is 0 Å². The smallest absolute Gasteiger partial charge is 0.269 e. The number of aromatic nitrogens is 2. The van der Waals surface area contributed by atoms with Crippen molar-refractivity contribution in [1.29, 1.82) is 0 Å². The van der Waals surface area contributed by atoms with Crippen LogP contribution in [0, 0.1) is 10.6 Å². The van der Waals surface area contributed by atoms with Gasteiger partial charge in [-0.05, 0) is 19.3 Å². The molecule has 2 N–H and O–H groups in total. The van der Waals surface area contributed by atoms with E-state index in [0.29, 0.717) is 37.4 Å². The number of rotatable bonds is 5. The summed E-state index contributed by atoms with van der Waals surface area (Å²) < 4.78 is -0.764. The Hall–Kier alpha value is -1.57. The molecule has 1 aliphatic carbocycles. The Balaban J connectivity index is 1.97. The number of hydroxylamine groups is 1. The fourth-order valence-electron chi connectivity index (χ4n) is 3.71. The highest BCUT2D eigenvalue weighted by atomic mass is 16.6. The number of anilines is 1. The number of aliphatic hydroxyl groups is 1. The van der Waals surface area contributed by atoms with Crippen molar-refractivity contribution in [3.63, 3.8) is 0 Å². The lowest BCUT2D eigenvalue weighted by Crippen LogP contribution is -2.49. The van der Waals surface area contributed by atoms with Gasteiger partial charge in [0.1, 0.15) is 17.3 Å². The summed E-state index contributed by atoms with van der Waals surface area (Å²) >= 11 is 0. The maximum Gasteiger partial charge on any atom is 0.269 e. The third kappa shape index (κ3) is 3.61. The first kappa shape index (κ1) is 19.2. The van der Waals surface area contributed by atoms with Crippen molar-refractivity contribution in [2.24, 2.45) is 10.5 Å². The van der Waals surface area contributed by atoms with E-state index in [4.69, 9.17) is 0 Å². The quantitative estimate of drug-likeness (QED) is 0.475. The average molecular weight is 361 g/mol. The van der Waals surface area contributed by atoms with Crippen molar-refractivity contribution < 1.29 is 5.11 Å². The van der Waals surface area contributed by atoms with Gasteiger partial charge in [-0.15, -0.1) is 0 Å². The first-order valence-corrected chi connectivity index (χ1v) is 9.76. The Morgan fingerprint density at radius 2 is 1.96 bits per heavy atom. The van der Waals surface area contributed by atoms with Gasteiger partial charge < -0.3 is 15.6 Å². The van der Waals surface area contributed by atoms with Crippen LogP contribution in [0.3, 0.4) is 0 Å². The summed E-state index contributed by atoms with van der Waals surface area (Å²) in [7, 11) is 0. The molecule has 0 aromatic carbocycles. The van der Waals surface area contributed by atoms with Gasteiger partial charge in [0, 0.05) is 31.0 Å². The molecule has 7 nitrogen and oxygen atoms in total. The number of nitrogens with one attached hydrogen (secondary N) is 1. The van der Waals surface area contributed by atoms with Crippen LogP contribution in [0.2, 0.25) is 0 Å². The van der Waals surface area contributed by atoms with E-state index in [1.165, 1.54) is 0 Å². The number of unbranched alkanes of at least 4 members (excludes halogenated alkanes) is 1. The summed E-state index contributed by atoms with van der Waals surface area (Å²) in [5, 5.41) is 31.5. The molecule has 3 rings (SSSR count). The van der Waals surface area contributed by atoms with E-state index in [1.807, 2.05) is 0 Å². The molecule has 1 saturated carbocycles. The molecule has 2 aliphatic rings. The molecule has 0 amide bonds. The normalized spacial score (nSPS) is 28.6. The molecule has 0 radical (unpaired) electrons. The second kappa shape index (κ2) is 7.21. The number of hydrogen-bond acceptors (Lipinski definition) is 6. The first-order chi connectivity index (χ1) is 12.3. The molecule has 144 valence electrons. The van der Waals surface area contributed by atoms with Crippen LogP contribution in [-0.2, 0) is 0 Å². The number of fused-ring (bicyclic) bond motifs is 1. The molecule has 0 bridgehead atoms. The number of hydrogen-bond donors (Lipinski definition) is 2. The van der Waals surface area contributed by atoms with Crippen molar-refractivity contribution in [3.8, 4) is 0 Å². The molecule has 1 aliphatic heterocycles. The molecule has 1 fully saturated rings. The summed E-state index contributed by atoms with van der Waals surface area (Å²) in [6.45, 7) is 9.10. The highest BCUT2D eigenvalue weighted by Gasteiger charge is 2.46. The first-order valence-electron chi connectivity index (χ1n) is 9.76. The number of aliphatic hydroxyl groups excluding tert-OH is 1. The molecule has 0 unspecified atom stereocenters. The second-order valence-electron chi connectivity index (χ2n) is 8.50. The Kier molecular flexibility index (Phi) is 5.33. The molecular weight excluding hydrogens is 330 g/mol. The summed E-state index contributed by atoms with van der Waals surface area (Å²) in [4.78, 5) is 9.01. The zero-order valence-corrected chi connectivity index (χ0v) is 16.3. The third-order valence-corrected chi connectivity index (χ3v) is 5.26. The van der Waals surface area contributed by atoms with Crippen LogP contribution in [0.5, 0.6) is 0 Å². The zero-order valence-electron chi connectivity index (χ0n) is 16.3. The number of nitrogens with zero attached hydrogens (tertiary/aromatic N) is 4. The van der Waals surface area contributed by atoms with Crippen LogP contribution in [0.1, 0.15) is 71.8 Å². The second-order valence-corrected chi connectivity index (χ2v) is 8.50. The summed E-state index contributed by atoms with van der Waals surface area (Å²) in [6.07, 6.45) is 6.17. The van der Waals surface area contributed by atoms with E-state index >= 15 is 0 Å². The van der Waals surface area contributed by atoms with E-state index < -0.39 is 4.76 Å². The lowest BCUT2D eigenvalue weighted by atomic mass is 9.87.